The summed E-state index contributed by atoms with van der Waals surface area (Å²) in [6, 6.07) is 4.84. The summed E-state index contributed by atoms with van der Waals surface area (Å²) in [5, 5.41) is 2.84. The van der Waals surface area contributed by atoms with Gasteiger partial charge >= 0.3 is 0 Å². The van der Waals surface area contributed by atoms with Crippen molar-refractivity contribution in [2.75, 3.05) is 11.5 Å². The van der Waals surface area contributed by atoms with E-state index in [0.717, 1.165) is 0 Å². The van der Waals surface area contributed by atoms with Gasteiger partial charge in [-0.05, 0) is 39.0 Å². The van der Waals surface area contributed by atoms with Gasteiger partial charge in [-0.3, -0.25) is 4.79 Å². The molecule has 0 unspecified atom stereocenters. The van der Waals surface area contributed by atoms with Crippen molar-refractivity contribution in [1.29, 1.82) is 0 Å². The molecule has 0 fully saturated rings. The van der Waals surface area contributed by atoms with E-state index < -0.39 is 0 Å². The summed E-state index contributed by atoms with van der Waals surface area (Å²) in [5.41, 5.74) is 12.4. The van der Waals surface area contributed by atoms with Gasteiger partial charge in [0, 0.05) is 22.5 Å². The molecular weight excluding hydrogens is 190 g/mol. The summed E-state index contributed by atoms with van der Waals surface area (Å²) in [6.45, 7) is 5.75. The van der Waals surface area contributed by atoms with Crippen LogP contribution < -0.4 is 16.8 Å². The number of rotatable bonds is 1. The Morgan fingerprint density at radius 2 is 1.60 bits per heavy atom. The van der Waals surface area contributed by atoms with Gasteiger partial charge in [-0.2, -0.15) is 0 Å². The van der Waals surface area contributed by atoms with E-state index in [1.165, 1.54) is 0 Å². The number of hydrogen-bond donors (Lipinski definition) is 3. The maximum Gasteiger partial charge on any atom is 0.251 e. The van der Waals surface area contributed by atoms with E-state index in [1.54, 1.807) is 18.2 Å². The van der Waals surface area contributed by atoms with Crippen LogP contribution in [-0.2, 0) is 0 Å². The van der Waals surface area contributed by atoms with Crippen LogP contribution in [0.2, 0.25) is 0 Å². The first-order chi connectivity index (χ1) is 6.78. The van der Waals surface area contributed by atoms with Crippen LogP contribution in [0.1, 0.15) is 31.1 Å². The Labute approximate surface area is 89.6 Å². The normalized spacial score (nSPS) is 11.1. The minimum atomic E-state index is -0.267. The van der Waals surface area contributed by atoms with E-state index in [-0.39, 0.29) is 11.4 Å². The molecule has 0 heterocycles. The Kier molecular flexibility index (Phi) is 2.88. The van der Waals surface area contributed by atoms with Crippen molar-refractivity contribution >= 4 is 17.3 Å². The Balaban J connectivity index is 2.92. The molecule has 4 nitrogen and oxygen atoms in total. The lowest BCUT2D eigenvalue weighted by molar-refractivity contribution is 0.0919. The second kappa shape index (κ2) is 3.81. The second-order valence-electron chi connectivity index (χ2n) is 4.59. The zero-order valence-corrected chi connectivity index (χ0v) is 9.29. The molecule has 0 saturated heterocycles. The summed E-state index contributed by atoms with van der Waals surface area (Å²) in [4.78, 5) is 11.7. The molecule has 0 saturated carbocycles. The Morgan fingerprint density at radius 1 is 1.13 bits per heavy atom. The van der Waals surface area contributed by atoms with Crippen LogP contribution in [-0.4, -0.2) is 11.4 Å². The Bertz CT molecular complexity index is 360. The predicted octanol–water partition coefficient (Wildman–Crippen LogP) is 1.38. The maximum absolute atomic E-state index is 11.7. The van der Waals surface area contributed by atoms with Gasteiger partial charge in [-0.1, -0.05) is 0 Å². The van der Waals surface area contributed by atoms with Crippen molar-refractivity contribution in [3.8, 4) is 0 Å². The average molecular weight is 207 g/mol. The van der Waals surface area contributed by atoms with Crippen molar-refractivity contribution in [2.24, 2.45) is 0 Å². The van der Waals surface area contributed by atoms with Gasteiger partial charge in [0.15, 0.2) is 0 Å². The van der Waals surface area contributed by atoms with E-state index in [9.17, 15) is 4.79 Å². The monoisotopic (exact) mass is 207 g/mol. The first kappa shape index (κ1) is 11.4. The van der Waals surface area contributed by atoms with Gasteiger partial charge in [0.05, 0.1) is 0 Å². The fraction of sp³-hybridized carbons (Fsp3) is 0.364. The molecule has 1 aromatic rings. The van der Waals surface area contributed by atoms with Crippen LogP contribution in [0.5, 0.6) is 0 Å². The molecule has 15 heavy (non-hydrogen) atoms. The molecular formula is C11H17N3O. The number of hydrogen-bond acceptors (Lipinski definition) is 3. The molecule has 0 aliphatic carbocycles. The van der Waals surface area contributed by atoms with Crippen molar-refractivity contribution in [3.05, 3.63) is 23.8 Å². The van der Waals surface area contributed by atoms with E-state index in [2.05, 4.69) is 5.32 Å². The number of nitrogens with two attached hydrogens (primary N) is 2. The standard InChI is InChI=1S/C11H17N3O/c1-11(2,3)14-10(15)7-4-8(12)6-9(13)5-7/h4-6H,12-13H2,1-3H3,(H,14,15). The largest absolute Gasteiger partial charge is 0.399 e. The molecule has 82 valence electrons. The summed E-state index contributed by atoms with van der Waals surface area (Å²) < 4.78 is 0. The number of anilines is 2. The van der Waals surface area contributed by atoms with Crippen LogP contribution in [0.4, 0.5) is 11.4 Å². The van der Waals surface area contributed by atoms with Gasteiger partial charge in [0.2, 0.25) is 0 Å². The highest BCUT2D eigenvalue weighted by atomic mass is 16.1. The van der Waals surface area contributed by atoms with Gasteiger partial charge in [-0.25, -0.2) is 0 Å². The summed E-state index contributed by atoms with van der Waals surface area (Å²) in [5.74, 6) is -0.165. The highest BCUT2D eigenvalue weighted by molar-refractivity contribution is 5.96. The quantitative estimate of drug-likeness (QED) is 0.608. The third-order valence-corrected chi connectivity index (χ3v) is 1.73. The number of carbonyl (C=O) groups is 1. The molecule has 0 bridgehead atoms. The molecule has 5 N–H and O–H groups in total. The van der Waals surface area contributed by atoms with Crippen molar-refractivity contribution in [1.82, 2.24) is 5.32 Å². The number of nitrogens with one attached hydrogen (secondary N) is 1. The van der Waals surface area contributed by atoms with Crippen molar-refractivity contribution in [3.63, 3.8) is 0 Å². The van der Waals surface area contributed by atoms with Crippen molar-refractivity contribution in [2.45, 2.75) is 26.3 Å². The van der Waals surface area contributed by atoms with Gasteiger partial charge in [-0.15, -0.1) is 0 Å². The third kappa shape index (κ3) is 3.50. The lowest BCUT2D eigenvalue weighted by atomic mass is 10.1. The molecule has 0 radical (unpaired) electrons. The molecule has 0 spiro atoms. The maximum atomic E-state index is 11.7. The second-order valence-corrected chi connectivity index (χ2v) is 4.59. The zero-order valence-electron chi connectivity index (χ0n) is 9.29. The fourth-order valence-electron chi connectivity index (χ4n) is 1.22. The number of amides is 1. The smallest absolute Gasteiger partial charge is 0.251 e. The minimum absolute atomic E-state index is 0.165. The topological polar surface area (TPSA) is 81.1 Å². The molecule has 1 aromatic carbocycles. The molecule has 1 rings (SSSR count). The lowest BCUT2D eigenvalue weighted by Crippen LogP contribution is -2.40. The summed E-state index contributed by atoms with van der Waals surface area (Å²) in [7, 11) is 0. The van der Waals surface area contributed by atoms with E-state index in [4.69, 9.17) is 11.5 Å². The highest BCUT2D eigenvalue weighted by Gasteiger charge is 2.15. The number of benzene rings is 1. The molecule has 0 aromatic heterocycles. The van der Waals surface area contributed by atoms with Crippen LogP contribution in [0.3, 0.4) is 0 Å². The SMILES string of the molecule is CC(C)(C)NC(=O)c1cc(N)cc(N)c1. The van der Waals surface area contributed by atoms with Gasteiger partial charge < -0.3 is 16.8 Å². The molecule has 0 aliphatic rings. The first-order valence-electron chi connectivity index (χ1n) is 4.76. The van der Waals surface area contributed by atoms with E-state index in [1.807, 2.05) is 20.8 Å². The van der Waals surface area contributed by atoms with E-state index >= 15 is 0 Å². The Morgan fingerprint density at radius 3 is 2.00 bits per heavy atom. The van der Waals surface area contributed by atoms with Crippen LogP contribution in [0, 0.1) is 0 Å². The first-order valence-corrected chi connectivity index (χ1v) is 4.76. The summed E-state index contributed by atoms with van der Waals surface area (Å²) >= 11 is 0. The van der Waals surface area contributed by atoms with Crippen LogP contribution in [0.25, 0.3) is 0 Å². The third-order valence-electron chi connectivity index (χ3n) is 1.73. The van der Waals surface area contributed by atoms with Gasteiger partial charge in [0.25, 0.3) is 5.91 Å². The minimum Gasteiger partial charge on any atom is -0.399 e. The molecule has 0 atom stereocenters. The highest BCUT2D eigenvalue weighted by Crippen LogP contribution is 2.14. The number of nitrogen functional groups attached to an aromatic ring is 2. The van der Waals surface area contributed by atoms with Gasteiger partial charge in [0.1, 0.15) is 0 Å². The number of carbonyl (C=O) groups excluding carboxylic acids is 1. The van der Waals surface area contributed by atoms with Crippen molar-refractivity contribution < 1.29 is 4.79 Å². The average Bonchev–Trinajstić information content (AvgIpc) is 1.98. The molecule has 0 aliphatic heterocycles. The van der Waals surface area contributed by atoms with Crippen LogP contribution in [0.15, 0.2) is 18.2 Å². The Hall–Kier alpha value is -1.71. The molecule has 1 amide bonds. The lowest BCUT2D eigenvalue weighted by Gasteiger charge is -2.20. The fourth-order valence-corrected chi connectivity index (χ4v) is 1.22. The van der Waals surface area contributed by atoms with Crippen LogP contribution >= 0.6 is 0 Å². The molecule has 4 heteroatoms. The summed E-state index contributed by atoms with van der Waals surface area (Å²) in [6.07, 6.45) is 0. The van der Waals surface area contributed by atoms with E-state index in [0.29, 0.717) is 16.9 Å². The zero-order chi connectivity index (χ0) is 11.6. The predicted molar refractivity (Wildman–Crippen MR) is 62.5 cm³/mol.